The van der Waals surface area contributed by atoms with Crippen molar-refractivity contribution in [2.24, 2.45) is 0 Å². The second-order valence-electron chi connectivity index (χ2n) is 4.25. The molecule has 0 spiro atoms. The molecule has 0 amide bonds. The molecule has 1 heterocycles. The predicted molar refractivity (Wildman–Crippen MR) is 73.0 cm³/mol. The lowest BCUT2D eigenvalue weighted by molar-refractivity contribution is 0.318. The van der Waals surface area contributed by atoms with Gasteiger partial charge >= 0.3 is 0 Å². The minimum atomic E-state index is -0.0503. The number of nitrogens with one attached hydrogen (secondary N) is 1. The fraction of sp³-hybridized carbons (Fsp3) is 0.267. The van der Waals surface area contributed by atoms with Gasteiger partial charge in [-0.25, -0.2) is 0 Å². The van der Waals surface area contributed by atoms with Crippen molar-refractivity contribution in [2.75, 3.05) is 6.61 Å². The number of hydrogen-bond donors (Lipinski definition) is 1. The van der Waals surface area contributed by atoms with Crippen LogP contribution in [0, 0.1) is 6.92 Å². The molecule has 3 heteroatoms. The highest BCUT2D eigenvalue weighted by molar-refractivity contribution is 5.70. The summed E-state index contributed by atoms with van der Waals surface area (Å²) in [5, 5.41) is 0. The van der Waals surface area contributed by atoms with E-state index >= 15 is 0 Å². The molecule has 1 N–H and O–H groups in total. The van der Waals surface area contributed by atoms with Crippen molar-refractivity contribution in [1.82, 2.24) is 4.98 Å². The average molecular weight is 243 g/mol. The molecule has 1 aromatic heterocycles. The molecule has 0 unspecified atom stereocenters. The highest BCUT2D eigenvalue weighted by Crippen LogP contribution is 2.29. The lowest BCUT2D eigenvalue weighted by Gasteiger charge is -2.11. The van der Waals surface area contributed by atoms with E-state index in [-0.39, 0.29) is 5.56 Å². The van der Waals surface area contributed by atoms with Gasteiger partial charge in [-0.1, -0.05) is 25.1 Å². The quantitative estimate of drug-likeness (QED) is 0.896. The molecular formula is C15H17NO2. The first-order valence-electron chi connectivity index (χ1n) is 6.14. The summed E-state index contributed by atoms with van der Waals surface area (Å²) in [4.78, 5) is 14.1. The monoisotopic (exact) mass is 243 g/mol. The molecule has 0 saturated carbocycles. The molecule has 0 saturated heterocycles. The van der Waals surface area contributed by atoms with E-state index in [1.165, 1.54) is 0 Å². The fourth-order valence-electron chi connectivity index (χ4n) is 1.80. The summed E-state index contributed by atoms with van der Waals surface area (Å²) in [6.07, 6.45) is 2.70. The molecule has 0 aliphatic carbocycles. The van der Waals surface area contributed by atoms with E-state index in [1.54, 1.807) is 13.1 Å². The summed E-state index contributed by atoms with van der Waals surface area (Å²) in [5.41, 5.74) is 2.63. The van der Waals surface area contributed by atoms with Crippen molar-refractivity contribution in [3.05, 3.63) is 52.4 Å². The van der Waals surface area contributed by atoms with E-state index in [9.17, 15) is 4.79 Å². The largest absolute Gasteiger partial charge is 0.493 e. The van der Waals surface area contributed by atoms with Crippen LogP contribution in [0.5, 0.6) is 5.75 Å². The van der Waals surface area contributed by atoms with Gasteiger partial charge in [-0.05, 0) is 25.5 Å². The zero-order chi connectivity index (χ0) is 13.0. The Labute approximate surface area is 106 Å². The zero-order valence-corrected chi connectivity index (χ0v) is 10.7. The summed E-state index contributed by atoms with van der Waals surface area (Å²) in [7, 11) is 0. The molecular weight excluding hydrogens is 226 g/mol. The van der Waals surface area contributed by atoms with E-state index in [2.05, 4.69) is 11.9 Å². The SMILES string of the molecule is CCCOc1ccccc1-c1c[nH]c(=O)c(C)c1. The van der Waals surface area contributed by atoms with Gasteiger partial charge < -0.3 is 9.72 Å². The lowest BCUT2D eigenvalue weighted by atomic mass is 10.1. The topological polar surface area (TPSA) is 42.1 Å². The average Bonchev–Trinajstić information content (AvgIpc) is 2.40. The van der Waals surface area contributed by atoms with Gasteiger partial charge in [-0.15, -0.1) is 0 Å². The van der Waals surface area contributed by atoms with Crippen LogP contribution in [-0.2, 0) is 0 Å². The van der Waals surface area contributed by atoms with Gasteiger partial charge in [-0.3, -0.25) is 4.79 Å². The van der Waals surface area contributed by atoms with E-state index in [1.807, 2.05) is 30.3 Å². The van der Waals surface area contributed by atoms with Crippen molar-refractivity contribution >= 4 is 0 Å². The van der Waals surface area contributed by atoms with Crippen molar-refractivity contribution in [3.63, 3.8) is 0 Å². The second-order valence-corrected chi connectivity index (χ2v) is 4.25. The van der Waals surface area contributed by atoms with E-state index in [4.69, 9.17) is 4.74 Å². The summed E-state index contributed by atoms with van der Waals surface area (Å²) in [5.74, 6) is 0.853. The van der Waals surface area contributed by atoms with Crippen LogP contribution in [0.1, 0.15) is 18.9 Å². The number of aromatic amines is 1. The second kappa shape index (κ2) is 5.54. The van der Waals surface area contributed by atoms with Crippen LogP contribution < -0.4 is 10.3 Å². The van der Waals surface area contributed by atoms with Crippen LogP contribution in [0.15, 0.2) is 41.3 Å². The van der Waals surface area contributed by atoms with Gasteiger partial charge in [0.2, 0.25) is 0 Å². The Hall–Kier alpha value is -2.03. The Morgan fingerprint density at radius 2 is 2.06 bits per heavy atom. The van der Waals surface area contributed by atoms with Gasteiger partial charge in [0.1, 0.15) is 5.75 Å². The van der Waals surface area contributed by atoms with Crippen LogP contribution >= 0.6 is 0 Å². The summed E-state index contributed by atoms with van der Waals surface area (Å²) in [6.45, 7) is 4.57. The molecule has 0 radical (unpaired) electrons. The van der Waals surface area contributed by atoms with E-state index in [0.29, 0.717) is 12.2 Å². The minimum absolute atomic E-state index is 0.0503. The molecule has 94 valence electrons. The maximum absolute atomic E-state index is 11.4. The van der Waals surface area contributed by atoms with Gasteiger partial charge in [-0.2, -0.15) is 0 Å². The number of aromatic nitrogens is 1. The third-order valence-electron chi connectivity index (χ3n) is 2.75. The van der Waals surface area contributed by atoms with Crippen molar-refractivity contribution in [1.29, 1.82) is 0 Å². The molecule has 2 aromatic rings. The number of aryl methyl sites for hydroxylation is 1. The molecule has 0 aliphatic heterocycles. The third kappa shape index (κ3) is 2.62. The van der Waals surface area contributed by atoms with Crippen molar-refractivity contribution < 1.29 is 4.74 Å². The Bertz CT molecular complexity index is 587. The van der Waals surface area contributed by atoms with Crippen molar-refractivity contribution in [3.8, 4) is 16.9 Å². The maximum atomic E-state index is 11.4. The highest BCUT2D eigenvalue weighted by atomic mass is 16.5. The Kier molecular flexibility index (Phi) is 3.82. The highest BCUT2D eigenvalue weighted by Gasteiger charge is 2.06. The number of ether oxygens (including phenoxy) is 1. The molecule has 3 nitrogen and oxygen atoms in total. The van der Waals surface area contributed by atoms with E-state index < -0.39 is 0 Å². The summed E-state index contributed by atoms with van der Waals surface area (Å²) < 4.78 is 5.72. The number of para-hydroxylation sites is 1. The van der Waals surface area contributed by atoms with Gasteiger partial charge in [0.05, 0.1) is 6.61 Å². The molecule has 18 heavy (non-hydrogen) atoms. The number of pyridine rings is 1. The van der Waals surface area contributed by atoms with Crippen LogP contribution in [0.4, 0.5) is 0 Å². The van der Waals surface area contributed by atoms with Gasteiger partial charge in [0.15, 0.2) is 0 Å². The Balaban J connectivity index is 2.43. The standard InChI is InChI=1S/C15H17NO2/c1-3-8-18-14-7-5-4-6-13(14)12-9-11(2)15(17)16-10-12/h4-7,9-10H,3,8H2,1-2H3,(H,16,17). The first-order chi connectivity index (χ1) is 8.72. The first-order valence-corrected chi connectivity index (χ1v) is 6.14. The third-order valence-corrected chi connectivity index (χ3v) is 2.75. The van der Waals surface area contributed by atoms with Crippen molar-refractivity contribution in [2.45, 2.75) is 20.3 Å². The Morgan fingerprint density at radius 3 is 2.78 bits per heavy atom. The number of rotatable bonds is 4. The van der Waals surface area contributed by atoms with Gasteiger partial charge in [0, 0.05) is 22.9 Å². The zero-order valence-electron chi connectivity index (χ0n) is 10.7. The minimum Gasteiger partial charge on any atom is -0.493 e. The fourth-order valence-corrected chi connectivity index (χ4v) is 1.80. The summed E-state index contributed by atoms with van der Waals surface area (Å²) >= 11 is 0. The number of hydrogen-bond acceptors (Lipinski definition) is 2. The van der Waals surface area contributed by atoms with Gasteiger partial charge in [0.25, 0.3) is 5.56 Å². The smallest absolute Gasteiger partial charge is 0.250 e. The van der Waals surface area contributed by atoms with Crippen LogP contribution in [-0.4, -0.2) is 11.6 Å². The Morgan fingerprint density at radius 1 is 1.28 bits per heavy atom. The lowest BCUT2D eigenvalue weighted by Crippen LogP contribution is -2.08. The predicted octanol–water partition coefficient (Wildman–Crippen LogP) is 3.14. The molecule has 0 atom stereocenters. The molecule has 0 fully saturated rings. The maximum Gasteiger partial charge on any atom is 0.250 e. The first kappa shape index (κ1) is 12.4. The normalized spacial score (nSPS) is 10.3. The molecule has 0 aliphatic rings. The molecule has 2 rings (SSSR count). The summed E-state index contributed by atoms with van der Waals surface area (Å²) in [6, 6.07) is 9.75. The van der Waals surface area contributed by atoms with Crippen LogP contribution in [0.25, 0.3) is 11.1 Å². The van der Waals surface area contributed by atoms with E-state index in [0.717, 1.165) is 23.3 Å². The molecule has 0 bridgehead atoms. The number of H-pyrrole nitrogens is 1. The molecule has 1 aromatic carbocycles. The van der Waals surface area contributed by atoms with Crippen LogP contribution in [0.3, 0.4) is 0 Å². The van der Waals surface area contributed by atoms with Crippen LogP contribution in [0.2, 0.25) is 0 Å². The number of benzene rings is 1.